The summed E-state index contributed by atoms with van der Waals surface area (Å²) in [7, 11) is 4.74. The highest BCUT2D eigenvalue weighted by Crippen LogP contribution is 2.37. The zero-order chi connectivity index (χ0) is 23.9. The van der Waals surface area contributed by atoms with Crippen LogP contribution >= 0.6 is 0 Å². The number of methoxy groups -OCH3 is 3. The molecule has 0 aromatic heterocycles. The molecule has 2 aliphatic rings. The monoisotopic (exact) mass is 462 g/mol. The number of likely N-dealkylation sites (tertiary alicyclic amines) is 1. The summed E-state index contributed by atoms with van der Waals surface area (Å²) >= 11 is 0. The number of fused-ring (bicyclic) bond motifs is 2. The number of hydrogen-bond donors (Lipinski definition) is 1. The lowest BCUT2D eigenvalue weighted by atomic mass is 9.96. The van der Waals surface area contributed by atoms with Crippen LogP contribution in [0, 0.1) is 0 Å². The van der Waals surface area contributed by atoms with E-state index in [1.165, 1.54) is 0 Å². The Bertz CT molecular complexity index is 1280. The van der Waals surface area contributed by atoms with Gasteiger partial charge in [-0.05, 0) is 36.4 Å². The molecule has 0 unspecified atom stereocenters. The Kier molecular flexibility index (Phi) is 5.43. The van der Waals surface area contributed by atoms with Crippen molar-refractivity contribution < 1.29 is 28.5 Å². The first-order valence-electron chi connectivity index (χ1n) is 11.1. The van der Waals surface area contributed by atoms with Crippen LogP contribution in [0.2, 0.25) is 0 Å². The van der Waals surface area contributed by atoms with Gasteiger partial charge in [0.25, 0.3) is 11.8 Å². The molecule has 1 spiro atoms. The van der Waals surface area contributed by atoms with Gasteiger partial charge < -0.3 is 29.2 Å². The molecule has 176 valence electrons. The molecule has 1 N–H and O–H groups in total. The quantitative estimate of drug-likeness (QED) is 0.638. The Morgan fingerprint density at radius 3 is 2.41 bits per heavy atom. The average Bonchev–Trinajstić information content (AvgIpc) is 2.87. The van der Waals surface area contributed by atoms with E-state index in [0.717, 1.165) is 10.8 Å². The third-order valence-electron chi connectivity index (χ3n) is 6.54. The largest absolute Gasteiger partial charge is 0.497 e. The summed E-state index contributed by atoms with van der Waals surface area (Å²) < 4.78 is 22.5. The molecule has 1 saturated heterocycles. The van der Waals surface area contributed by atoms with E-state index in [2.05, 4.69) is 5.32 Å². The summed E-state index contributed by atoms with van der Waals surface area (Å²) in [5, 5.41) is 4.70. The second-order valence-electron chi connectivity index (χ2n) is 8.44. The lowest BCUT2D eigenvalue weighted by molar-refractivity contribution is -0.0246. The molecule has 0 aliphatic carbocycles. The van der Waals surface area contributed by atoms with Gasteiger partial charge in [-0.25, -0.2) is 0 Å². The molecular weight excluding hydrogens is 436 g/mol. The van der Waals surface area contributed by atoms with E-state index in [4.69, 9.17) is 18.9 Å². The van der Waals surface area contributed by atoms with Crippen molar-refractivity contribution in [2.45, 2.75) is 18.6 Å². The maximum Gasteiger partial charge on any atom is 0.258 e. The number of ether oxygens (including phenoxy) is 4. The van der Waals surface area contributed by atoms with Gasteiger partial charge in [0.1, 0.15) is 23.0 Å². The van der Waals surface area contributed by atoms with Crippen LogP contribution in [-0.4, -0.2) is 56.9 Å². The van der Waals surface area contributed by atoms with Crippen molar-refractivity contribution >= 4 is 22.6 Å². The third kappa shape index (κ3) is 3.65. The summed E-state index contributed by atoms with van der Waals surface area (Å²) in [6.45, 7) is 0.883. The maximum atomic E-state index is 13.4. The fourth-order valence-electron chi connectivity index (χ4n) is 4.69. The van der Waals surface area contributed by atoms with E-state index in [1.54, 1.807) is 50.5 Å². The minimum atomic E-state index is -0.834. The van der Waals surface area contributed by atoms with Crippen molar-refractivity contribution in [1.29, 1.82) is 0 Å². The van der Waals surface area contributed by atoms with Crippen LogP contribution in [0.15, 0.2) is 48.5 Å². The summed E-state index contributed by atoms with van der Waals surface area (Å²) in [6.07, 6.45) is 0.952. The summed E-state index contributed by atoms with van der Waals surface area (Å²) in [6, 6.07) is 14.5. The predicted octanol–water partition coefficient (Wildman–Crippen LogP) is 3.62. The minimum Gasteiger partial charge on any atom is -0.497 e. The van der Waals surface area contributed by atoms with Crippen molar-refractivity contribution in [2.24, 2.45) is 0 Å². The molecule has 3 aromatic rings. The Labute approximate surface area is 197 Å². The first-order valence-corrected chi connectivity index (χ1v) is 11.1. The second-order valence-corrected chi connectivity index (χ2v) is 8.44. The van der Waals surface area contributed by atoms with Gasteiger partial charge in [0.2, 0.25) is 0 Å². The lowest BCUT2D eigenvalue weighted by Gasteiger charge is -2.44. The molecule has 0 saturated carbocycles. The van der Waals surface area contributed by atoms with Gasteiger partial charge in [0.15, 0.2) is 5.72 Å². The molecule has 2 amide bonds. The zero-order valence-corrected chi connectivity index (χ0v) is 19.3. The molecule has 1 fully saturated rings. The highest BCUT2D eigenvalue weighted by Gasteiger charge is 2.43. The molecule has 3 aromatic carbocycles. The van der Waals surface area contributed by atoms with E-state index in [0.29, 0.717) is 60.1 Å². The summed E-state index contributed by atoms with van der Waals surface area (Å²) in [5.74, 6) is 2.10. The highest BCUT2D eigenvalue weighted by atomic mass is 16.5. The van der Waals surface area contributed by atoms with Gasteiger partial charge in [0.05, 0.1) is 26.9 Å². The Morgan fingerprint density at radius 2 is 1.71 bits per heavy atom. The molecule has 34 heavy (non-hydrogen) atoms. The minimum absolute atomic E-state index is 0.103. The molecule has 2 heterocycles. The Balaban J connectivity index is 1.36. The number of benzene rings is 3. The number of nitrogens with one attached hydrogen (secondary N) is 1. The van der Waals surface area contributed by atoms with Gasteiger partial charge in [-0.15, -0.1) is 0 Å². The predicted molar refractivity (Wildman–Crippen MR) is 126 cm³/mol. The SMILES string of the molecule is COc1ccc2c(c1)C(=O)NC1(CCN(C(=O)c3cc(OC)c4cccc(OC)c4c3)CC1)O2. The fourth-order valence-corrected chi connectivity index (χ4v) is 4.69. The van der Waals surface area contributed by atoms with Crippen LogP contribution in [0.4, 0.5) is 0 Å². The highest BCUT2D eigenvalue weighted by molar-refractivity contribution is 6.03. The molecule has 0 bridgehead atoms. The molecule has 0 radical (unpaired) electrons. The van der Waals surface area contributed by atoms with Crippen molar-refractivity contribution in [2.75, 3.05) is 34.4 Å². The number of rotatable bonds is 4. The standard InChI is InChI=1S/C26H26N2O6/c1-31-17-7-8-22-20(15-17)24(29)27-26(34-22)9-11-28(12-10-26)25(30)16-13-19-18(23(14-16)33-3)5-4-6-21(19)32-2/h4-8,13-15H,9-12H2,1-3H3,(H,27,29). The van der Waals surface area contributed by atoms with Crippen molar-refractivity contribution in [3.05, 3.63) is 59.7 Å². The van der Waals surface area contributed by atoms with E-state index in [1.807, 2.05) is 24.3 Å². The number of nitrogens with zero attached hydrogens (tertiary/aromatic N) is 1. The van der Waals surface area contributed by atoms with Crippen molar-refractivity contribution in [3.63, 3.8) is 0 Å². The van der Waals surface area contributed by atoms with Gasteiger partial charge in [0, 0.05) is 42.3 Å². The van der Waals surface area contributed by atoms with E-state index < -0.39 is 5.72 Å². The number of amides is 2. The molecule has 8 nitrogen and oxygen atoms in total. The smallest absolute Gasteiger partial charge is 0.258 e. The van der Waals surface area contributed by atoms with E-state index in [-0.39, 0.29) is 11.8 Å². The molecule has 2 aliphatic heterocycles. The Hall–Kier alpha value is -3.94. The van der Waals surface area contributed by atoms with Crippen LogP contribution in [0.5, 0.6) is 23.0 Å². The molecular formula is C26H26N2O6. The first-order chi connectivity index (χ1) is 16.5. The van der Waals surface area contributed by atoms with E-state index >= 15 is 0 Å². The van der Waals surface area contributed by atoms with Gasteiger partial charge in [-0.1, -0.05) is 12.1 Å². The number of hydrogen-bond acceptors (Lipinski definition) is 6. The van der Waals surface area contributed by atoms with Gasteiger partial charge in [-0.3, -0.25) is 9.59 Å². The first kappa shape index (κ1) is 21.9. The topological polar surface area (TPSA) is 86.3 Å². The van der Waals surface area contributed by atoms with Crippen LogP contribution < -0.4 is 24.3 Å². The van der Waals surface area contributed by atoms with Gasteiger partial charge >= 0.3 is 0 Å². The third-order valence-corrected chi connectivity index (χ3v) is 6.54. The summed E-state index contributed by atoms with van der Waals surface area (Å²) in [5.41, 5.74) is 0.135. The molecule has 0 atom stereocenters. The normalized spacial score (nSPS) is 16.4. The zero-order valence-electron chi connectivity index (χ0n) is 19.3. The second kappa shape index (κ2) is 8.44. The van der Waals surface area contributed by atoms with E-state index in [9.17, 15) is 9.59 Å². The van der Waals surface area contributed by atoms with Crippen molar-refractivity contribution in [1.82, 2.24) is 10.2 Å². The summed E-state index contributed by atoms with van der Waals surface area (Å²) in [4.78, 5) is 27.9. The average molecular weight is 463 g/mol. The van der Waals surface area contributed by atoms with Crippen LogP contribution in [0.25, 0.3) is 10.8 Å². The number of piperidine rings is 1. The maximum absolute atomic E-state index is 13.4. The Morgan fingerprint density at radius 1 is 0.941 bits per heavy atom. The number of carbonyl (C=O) groups excluding carboxylic acids is 2. The van der Waals surface area contributed by atoms with Crippen LogP contribution in [0.3, 0.4) is 0 Å². The fraction of sp³-hybridized carbons (Fsp3) is 0.308. The molecule has 8 heteroatoms. The molecule has 5 rings (SSSR count). The lowest BCUT2D eigenvalue weighted by Crippen LogP contribution is -2.61. The number of carbonyl (C=O) groups is 2. The van der Waals surface area contributed by atoms with Gasteiger partial charge in [-0.2, -0.15) is 0 Å². The van der Waals surface area contributed by atoms with Crippen molar-refractivity contribution in [3.8, 4) is 23.0 Å². The van der Waals surface area contributed by atoms with Crippen LogP contribution in [-0.2, 0) is 0 Å². The van der Waals surface area contributed by atoms with Crippen LogP contribution in [0.1, 0.15) is 33.6 Å².